The van der Waals surface area contributed by atoms with Crippen molar-refractivity contribution in [1.29, 1.82) is 0 Å². The van der Waals surface area contributed by atoms with Crippen molar-refractivity contribution in [2.24, 2.45) is 0 Å². The zero-order valence-corrected chi connectivity index (χ0v) is 11.0. The summed E-state index contributed by atoms with van der Waals surface area (Å²) >= 11 is 0. The van der Waals surface area contributed by atoms with Crippen molar-refractivity contribution in [3.05, 3.63) is 30.1 Å². The highest BCUT2D eigenvalue weighted by Gasteiger charge is 2.27. The van der Waals surface area contributed by atoms with Crippen LogP contribution in [-0.4, -0.2) is 26.0 Å². The SMILES string of the molecule is O=S(=O)(CCNc1ccccc1F)C1CCCC1. The van der Waals surface area contributed by atoms with Crippen LogP contribution in [0.4, 0.5) is 10.1 Å². The van der Waals surface area contributed by atoms with Gasteiger partial charge in [-0.05, 0) is 25.0 Å². The minimum Gasteiger partial charge on any atom is -0.382 e. The fourth-order valence-electron chi connectivity index (χ4n) is 2.35. The number of para-hydroxylation sites is 1. The molecule has 0 aromatic heterocycles. The molecule has 0 atom stereocenters. The van der Waals surface area contributed by atoms with Crippen molar-refractivity contribution in [2.75, 3.05) is 17.6 Å². The Labute approximate surface area is 107 Å². The van der Waals surface area contributed by atoms with Gasteiger partial charge < -0.3 is 5.32 Å². The number of anilines is 1. The van der Waals surface area contributed by atoms with Crippen molar-refractivity contribution < 1.29 is 12.8 Å². The first-order chi connectivity index (χ1) is 8.59. The molecule has 0 saturated heterocycles. The van der Waals surface area contributed by atoms with Crippen molar-refractivity contribution >= 4 is 15.5 Å². The summed E-state index contributed by atoms with van der Waals surface area (Å²) < 4.78 is 37.2. The van der Waals surface area contributed by atoms with Crippen LogP contribution < -0.4 is 5.32 Å². The number of rotatable bonds is 5. The molecule has 1 N–H and O–H groups in total. The van der Waals surface area contributed by atoms with Crippen LogP contribution in [-0.2, 0) is 9.84 Å². The molecule has 1 aliphatic carbocycles. The molecule has 1 fully saturated rings. The number of halogens is 1. The van der Waals surface area contributed by atoms with Gasteiger partial charge in [0.2, 0.25) is 0 Å². The second kappa shape index (κ2) is 5.69. The summed E-state index contributed by atoms with van der Waals surface area (Å²) in [5.74, 6) is -0.276. The first-order valence-corrected chi connectivity index (χ1v) is 8.01. The van der Waals surface area contributed by atoms with E-state index in [1.807, 2.05) is 0 Å². The van der Waals surface area contributed by atoms with E-state index in [2.05, 4.69) is 5.32 Å². The molecule has 0 bridgehead atoms. The molecule has 0 aliphatic heterocycles. The summed E-state index contributed by atoms with van der Waals surface area (Å²) in [4.78, 5) is 0. The summed E-state index contributed by atoms with van der Waals surface area (Å²) in [6, 6.07) is 6.29. The molecule has 1 aliphatic rings. The van der Waals surface area contributed by atoms with Gasteiger partial charge in [0.25, 0.3) is 0 Å². The molecule has 1 aromatic rings. The van der Waals surface area contributed by atoms with Crippen LogP contribution in [0.15, 0.2) is 24.3 Å². The van der Waals surface area contributed by atoms with Crippen LogP contribution in [0.3, 0.4) is 0 Å². The lowest BCUT2D eigenvalue weighted by molar-refractivity contribution is 0.580. The average Bonchev–Trinajstić information content (AvgIpc) is 2.86. The maximum atomic E-state index is 13.3. The van der Waals surface area contributed by atoms with Gasteiger partial charge in [-0.15, -0.1) is 0 Å². The molecular weight excluding hydrogens is 253 g/mol. The third-order valence-corrected chi connectivity index (χ3v) is 5.65. The molecule has 0 heterocycles. The van der Waals surface area contributed by atoms with Gasteiger partial charge in [-0.3, -0.25) is 0 Å². The maximum Gasteiger partial charge on any atom is 0.154 e. The standard InChI is InChI=1S/C13H18FNO2S/c14-12-7-3-4-8-13(12)15-9-10-18(16,17)11-5-1-2-6-11/h3-4,7-8,11,15H,1-2,5-6,9-10H2. The lowest BCUT2D eigenvalue weighted by atomic mass is 10.3. The largest absolute Gasteiger partial charge is 0.382 e. The Hall–Kier alpha value is -1.10. The van der Waals surface area contributed by atoms with Crippen LogP contribution in [0.2, 0.25) is 0 Å². The molecule has 1 saturated carbocycles. The maximum absolute atomic E-state index is 13.3. The highest BCUT2D eigenvalue weighted by molar-refractivity contribution is 7.92. The average molecular weight is 271 g/mol. The summed E-state index contributed by atoms with van der Waals surface area (Å²) in [6.07, 6.45) is 3.57. The van der Waals surface area contributed by atoms with Crippen molar-refractivity contribution in [3.63, 3.8) is 0 Å². The number of hydrogen-bond donors (Lipinski definition) is 1. The predicted octanol–water partition coefficient (Wildman–Crippen LogP) is 2.60. The van der Waals surface area contributed by atoms with Gasteiger partial charge in [0, 0.05) is 6.54 Å². The number of nitrogens with one attached hydrogen (secondary N) is 1. The second-order valence-corrected chi connectivity index (χ2v) is 7.08. The third-order valence-electron chi connectivity index (χ3n) is 3.39. The van der Waals surface area contributed by atoms with E-state index < -0.39 is 9.84 Å². The van der Waals surface area contributed by atoms with E-state index in [1.54, 1.807) is 18.2 Å². The topological polar surface area (TPSA) is 46.2 Å². The first kappa shape index (κ1) is 13.3. The Bertz CT molecular complexity index is 495. The molecule has 1 aromatic carbocycles. The zero-order chi connectivity index (χ0) is 13.0. The van der Waals surface area contributed by atoms with E-state index in [0.29, 0.717) is 5.69 Å². The minimum absolute atomic E-state index is 0.0754. The molecule has 18 heavy (non-hydrogen) atoms. The van der Waals surface area contributed by atoms with Crippen LogP contribution in [0.5, 0.6) is 0 Å². The van der Waals surface area contributed by atoms with Gasteiger partial charge in [0.1, 0.15) is 5.82 Å². The fourth-order valence-corrected chi connectivity index (χ4v) is 4.12. The molecule has 0 unspecified atom stereocenters. The van der Waals surface area contributed by atoms with E-state index in [-0.39, 0.29) is 23.4 Å². The molecule has 5 heteroatoms. The van der Waals surface area contributed by atoms with Gasteiger partial charge >= 0.3 is 0 Å². The van der Waals surface area contributed by atoms with E-state index >= 15 is 0 Å². The van der Waals surface area contributed by atoms with E-state index in [1.165, 1.54) is 6.07 Å². The molecule has 0 amide bonds. The van der Waals surface area contributed by atoms with Crippen LogP contribution >= 0.6 is 0 Å². The highest BCUT2D eigenvalue weighted by atomic mass is 32.2. The van der Waals surface area contributed by atoms with E-state index in [9.17, 15) is 12.8 Å². The zero-order valence-electron chi connectivity index (χ0n) is 10.2. The van der Waals surface area contributed by atoms with Gasteiger partial charge in [0.05, 0.1) is 16.7 Å². The Balaban J connectivity index is 1.87. The van der Waals surface area contributed by atoms with Crippen molar-refractivity contribution in [3.8, 4) is 0 Å². The van der Waals surface area contributed by atoms with E-state index in [0.717, 1.165) is 25.7 Å². The lowest BCUT2D eigenvalue weighted by Gasteiger charge is -2.12. The monoisotopic (exact) mass is 271 g/mol. The minimum atomic E-state index is -3.03. The summed E-state index contributed by atoms with van der Waals surface area (Å²) in [7, 11) is -3.03. The molecule has 3 nitrogen and oxygen atoms in total. The number of benzene rings is 1. The summed E-state index contributed by atoms with van der Waals surface area (Å²) in [5, 5.41) is 2.66. The van der Waals surface area contributed by atoms with Gasteiger partial charge in [-0.1, -0.05) is 25.0 Å². The number of hydrogen-bond acceptors (Lipinski definition) is 3. The van der Waals surface area contributed by atoms with Crippen LogP contribution in [0, 0.1) is 5.82 Å². The highest BCUT2D eigenvalue weighted by Crippen LogP contribution is 2.25. The normalized spacial score (nSPS) is 16.9. The smallest absolute Gasteiger partial charge is 0.154 e. The summed E-state index contributed by atoms with van der Waals surface area (Å²) in [6.45, 7) is 0.264. The Morgan fingerprint density at radius 2 is 1.89 bits per heavy atom. The van der Waals surface area contributed by atoms with Crippen LogP contribution in [0.1, 0.15) is 25.7 Å². The first-order valence-electron chi connectivity index (χ1n) is 6.29. The molecule has 100 valence electrons. The van der Waals surface area contributed by atoms with Crippen molar-refractivity contribution in [2.45, 2.75) is 30.9 Å². The van der Waals surface area contributed by atoms with Gasteiger partial charge in [0.15, 0.2) is 9.84 Å². The Morgan fingerprint density at radius 1 is 1.22 bits per heavy atom. The van der Waals surface area contributed by atoms with E-state index in [4.69, 9.17) is 0 Å². The third kappa shape index (κ3) is 3.22. The molecule has 2 rings (SSSR count). The quantitative estimate of drug-likeness (QED) is 0.895. The molecule has 0 spiro atoms. The van der Waals surface area contributed by atoms with Gasteiger partial charge in [-0.25, -0.2) is 12.8 Å². The second-order valence-electron chi connectivity index (χ2n) is 4.68. The Morgan fingerprint density at radius 3 is 2.56 bits per heavy atom. The van der Waals surface area contributed by atoms with Crippen molar-refractivity contribution in [1.82, 2.24) is 0 Å². The molecule has 0 radical (unpaired) electrons. The number of sulfone groups is 1. The lowest BCUT2D eigenvalue weighted by Crippen LogP contribution is -2.25. The Kier molecular flexibility index (Phi) is 4.22. The molecular formula is C13H18FNO2S. The predicted molar refractivity (Wildman–Crippen MR) is 70.9 cm³/mol. The van der Waals surface area contributed by atoms with Gasteiger partial charge in [-0.2, -0.15) is 0 Å². The fraction of sp³-hybridized carbons (Fsp3) is 0.538. The van der Waals surface area contributed by atoms with Crippen LogP contribution in [0.25, 0.3) is 0 Å². The summed E-state index contributed by atoms with van der Waals surface area (Å²) in [5.41, 5.74) is 0.360.